The molecule has 1 saturated heterocycles. The third kappa shape index (κ3) is 4.79. The van der Waals surface area contributed by atoms with Crippen LogP contribution in [-0.2, 0) is 13.1 Å². The maximum atomic E-state index is 12.7. The molecule has 0 unspecified atom stereocenters. The van der Waals surface area contributed by atoms with Gasteiger partial charge in [0, 0.05) is 30.9 Å². The zero-order valence-electron chi connectivity index (χ0n) is 17.6. The number of likely N-dealkylation sites (tertiary alicyclic amines) is 1. The zero-order valence-corrected chi connectivity index (χ0v) is 17.6. The molecule has 2 aromatic heterocycles. The van der Waals surface area contributed by atoms with Crippen molar-refractivity contribution in [1.82, 2.24) is 25.0 Å². The normalized spacial score (nSPS) is 15.5. The highest BCUT2D eigenvalue weighted by atomic mass is 16.2. The quantitative estimate of drug-likeness (QED) is 0.629. The van der Waals surface area contributed by atoms with Crippen molar-refractivity contribution in [1.29, 1.82) is 0 Å². The number of fused-ring (bicyclic) bond motifs is 1. The average molecular weight is 407 g/mol. The fourth-order valence-corrected chi connectivity index (χ4v) is 4.22. The Balaban J connectivity index is 1.30. The van der Waals surface area contributed by atoms with Crippen LogP contribution in [0.4, 0.5) is 5.82 Å². The van der Waals surface area contributed by atoms with Gasteiger partial charge in [-0.1, -0.05) is 12.1 Å². The number of rotatable bonds is 7. The van der Waals surface area contributed by atoms with Crippen molar-refractivity contribution in [2.24, 2.45) is 5.92 Å². The Morgan fingerprint density at radius 1 is 1.20 bits per heavy atom. The molecule has 0 radical (unpaired) electrons. The van der Waals surface area contributed by atoms with E-state index in [0.717, 1.165) is 35.2 Å². The second-order valence-electron chi connectivity index (χ2n) is 8.26. The van der Waals surface area contributed by atoms with Gasteiger partial charge in [0.2, 0.25) is 0 Å². The smallest absolute Gasteiger partial charge is 0.269 e. The number of carbonyl (C=O) groups is 1. The molecule has 0 atom stereocenters. The van der Waals surface area contributed by atoms with E-state index in [4.69, 9.17) is 5.73 Å². The Labute approximate surface area is 177 Å². The summed E-state index contributed by atoms with van der Waals surface area (Å²) < 4.78 is 1.83. The summed E-state index contributed by atoms with van der Waals surface area (Å²) in [5.74, 6) is 1.22. The van der Waals surface area contributed by atoms with E-state index in [9.17, 15) is 4.79 Å². The largest absolute Gasteiger partial charge is 0.383 e. The summed E-state index contributed by atoms with van der Waals surface area (Å²) in [5.41, 5.74) is 7.55. The highest BCUT2D eigenvalue weighted by molar-refractivity contribution is 5.93. The maximum Gasteiger partial charge on any atom is 0.269 e. The summed E-state index contributed by atoms with van der Waals surface area (Å²) in [6.45, 7) is 3.62. The van der Waals surface area contributed by atoms with E-state index in [0.29, 0.717) is 18.1 Å². The summed E-state index contributed by atoms with van der Waals surface area (Å²) >= 11 is 0. The van der Waals surface area contributed by atoms with Gasteiger partial charge in [0.15, 0.2) is 0 Å². The van der Waals surface area contributed by atoms with Gasteiger partial charge in [-0.25, -0.2) is 4.98 Å². The topological polar surface area (TPSA) is 89.1 Å². The number of amides is 1. The molecule has 1 aromatic carbocycles. The fourth-order valence-electron chi connectivity index (χ4n) is 4.22. The van der Waals surface area contributed by atoms with Crippen molar-refractivity contribution in [2.75, 3.05) is 25.9 Å². The monoisotopic (exact) mass is 406 g/mol. The molecule has 3 heterocycles. The van der Waals surface area contributed by atoms with Crippen LogP contribution < -0.4 is 11.1 Å². The van der Waals surface area contributed by atoms with Crippen LogP contribution in [0, 0.1) is 5.92 Å². The summed E-state index contributed by atoms with van der Waals surface area (Å²) in [6, 6.07) is 9.67. The molecule has 7 nitrogen and oxygen atoms in total. The molecular weight excluding hydrogens is 376 g/mol. The molecule has 1 fully saturated rings. The highest BCUT2D eigenvalue weighted by Crippen LogP contribution is 2.22. The van der Waals surface area contributed by atoms with Gasteiger partial charge in [0.25, 0.3) is 5.91 Å². The first-order chi connectivity index (χ1) is 14.6. The van der Waals surface area contributed by atoms with Crippen molar-refractivity contribution in [3.05, 3.63) is 54.0 Å². The highest BCUT2D eigenvalue weighted by Gasteiger charge is 2.17. The van der Waals surface area contributed by atoms with Crippen LogP contribution in [0.1, 0.15) is 41.7 Å². The molecule has 0 aliphatic carbocycles. The molecule has 30 heavy (non-hydrogen) atoms. The molecular formula is C23H30N6O. The first kappa shape index (κ1) is 20.3. The number of nitrogen functional groups attached to an aromatic ring is 1. The van der Waals surface area contributed by atoms with E-state index >= 15 is 0 Å². The number of piperidine rings is 1. The molecule has 0 bridgehead atoms. The number of pyridine rings is 1. The van der Waals surface area contributed by atoms with E-state index in [1.165, 1.54) is 32.4 Å². The van der Waals surface area contributed by atoms with Crippen molar-refractivity contribution in [2.45, 2.75) is 38.8 Å². The van der Waals surface area contributed by atoms with Crippen LogP contribution in [0.5, 0.6) is 0 Å². The molecule has 158 valence electrons. The summed E-state index contributed by atoms with van der Waals surface area (Å²) in [4.78, 5) is 19.2. The molecule has 1 amide bonds. The Hall–Kier alpha value is -2.93. The van der Waals surface area contributed by atoms with Crippen molar-refractivity contribution in [3.63, 3.8) is 0 Å². The van der Waals surface area contributed by atoms with Crippen LogP contribution >= 0.6 is 0 Å². The Morgan fingerprint density at radius 2 is 2.03 bits per heavy atom. The predicted octanol–water partition coefficient (Wildman–Crippen LogP) is 3.07. The second kappa shape index (κ2) is 9.26. The number of nitrogens with two attached hydrogens (primary N) is 1. The predicted molar refractivity (Wildman–Crippen MR) is 119 cm³/mol. The lowest BCUT2D eigenvalue weighted by atomic mass is 9.92. The molecule has 3 aromatic rings. The third-order valence-electron chi connectivity index (χ3n) is 6.08. The van der Waals surface area contributed by atoms with Gasteiger partial charge >= 0.3 is 0 Å². The van der Waals surface area contributed by atoms with Gasteiger partial charge in [0.05, 0.1) is 0 Å². The Bertz CT molecular complexity index is 1010. The zero-order chi connectivity index (χ0) is 20.9. The van der Waals surface area contributed by atoms with Gasteiger partial charge < -0.3 is 16.0 Å². The molecule has 1 aliphatic rings. The van der Waals surface area contributed by atoms with Crippen molar-refractivity contribution in [3.8, 4) is 0 Å². The molecule has 4 rings (SSSR count). The first-order valence-electron chi connectivity index (χ1n) is 10.7. The minimum absolute atomic E-state index is 0.0962. The maximum absolute atomic E-state index is 12.7. The van der Waals surface area contributed by atoms with Gasteiger partial charge in [-0.2, -0.15) is 5.10 Å². The number of benzene rings is 1. The van der Waals surface area contributed by atoms with Crippen LogP contribution in [0.25, 0.3) is 10.8 Å². The Morgan fingerprint density at radius 3 is 2.87 bits per heavy atom. The van der Waals surface area contributed by atoms with E-state index in [2.05, 4.69) is 27.3 Å². The van der Waals surface area contributed by atoms with Crippen molar-refractivity contribution < 1.29 is 4.79 Å². The number of carbonyl (C=O) groups excluding carboxylic acids is 1. The number of aryl methyl sites for hydroxylation is 1. The average Bonchev–Trinajstić information content (AvgIpc) is 3.22. The van der Waals surface area contributed by atoms with Gasteiger partial charge in [-0.3, -0.25) is 9.48 Å². The number of aromatic nitrogens is 3. The third-order valence-corrected chi connectivity index (χ3v) is 6.08. The molecule has 1 aliphatic heterocycles. The molecule has 0 saturated carbocycles. The number of nitrogens with zero attached hydrogens (tertiary/aromatic N) is 4. The summed E-state index contributed by atoms with van der Waals surface area (Å²) in [7, 11) is 2.19. The van der Waals surface area contributed by atoms with Crippen LogP contribution in [0.2, 0.25) is 0 Å². The van der Waals surface area contributed by atoms with Gasteiger partial charge in [-0.05, 0) is 80.9 Å². The first-order valence-corrected chi connectivity index (χ1v) is 10.7. The molecule has 7 heteroatoms. The summed E-state index contributed by atoms with van der Waals surface area (Å²) in [5, 5.41) is 9.33. The lowest BCUT2D eigenvalue weighted by Crippen LogP contribution is -2.30. The standard InChI is InChI=1S/C23H30N6O/c1-28-13-8-17(9-14-28)3-2-12-29-21(7-11-27-29)23(30)26-16-18-4-5-20-19(15-18)6-10-25-22(20)24/h4-7,10-11,15,17H,2-3,8-9,12-14,16H2,1H3,(H2,24,25)(H,26,30). The number of hydrogen-bond donors (Lipinski definition) is 2. The van der Waals surface area contributed by atoms with E-state index in [1.807, 2.05) is 28.9 Å². The number of anilines is 1. The van der Waals surface area contributed by atoms with E-state index < -0.39 is 0 Å². The van der Waals surface area contributed by atoms with Crippen LogP contribution in [-0.4, -0.2) is 45.7 Å². The Kier molecular flexibility index (Phi) is 6.28. The van der Waals surface area contributed by atoms with Gasteiger partial charge in [-0.15, -0.1) is 0 Å². The lowest BCUT2D eigenvalue weighted by Gasteiger charge is -2.28. The van der Waals surface area contributed by atoms with Crippen molar-refractivity contribution >= 4 is 22.5 Å². The van der Waals surface area contributed by atoms with Crippen LogP contribution in [0.15, 0.2) is 42.7 Å². The van der Waals surface area contributed by atoms with E-state index in [-0.39, 0.29) is 5.91 Å². The van der Waals surface area contributed by atoms with Crippen LogP contribution in [0.3, 0.4) is 0 Å². The summed E-state index contributed by atoms with van der Waals surface area (Å²) in [6.07, 6.45) is 8.20. The number of nitrogens with one attached hydrogen (secondary N) is 1. The fraction of sp³-hybridized carbons (Fsp3) is 0.435. The molecule has 0 spiro atoms. The minimum atomic E-state index is -0.0962. The second-order valence-corrected chi connectivity index (χ2v) is 8.26. The number of hydrogen-bond acceptors (Lipinski definition) is 5. The SMILES string of the molecule is CN1CCC(CCCn2nccc2C(=O)NCc2ccc3c(N)nccc3c2)CC1. The lowest BCUT2D eigenvalue weighted by molar-refractivity contribution is 0.0939. The van der Waals surface area contributed by atoms with Gasteiger partial charge in [0.1, 0.15) is 11.5 Å². The molecule has 3 N–H and O–H groups in total. The van der Waals surface area contributed by atoms with E-state index in [1.54, 1.807) is 18.5 Å². The minimum Gasteiger partial charge on any atom is -0.383 e.